The Morgan fingerprint density at radius 1 is 0.411 bits per heavy atom. The Hall–Kier alpha value is -7.50. The van der Waals surface area contributed by atoms with Gasteiger partial charge in [0, 0.05) is 71.8 Å². The fourth-order valence-corrected chi connectivity index (χ4v) is 12.2. The summed E-state index contributed by atoms with van der Waals surface area (Å²) in [6, 6.07) is 64.2. The van der Waals surface area contributed by atoms with E-state index < -0.39 is 0 Å². The molecule has 73 heavy (non-hydrogen) atoms. The number of furan rings is 1. The summed E-state index contributed by atoms with van der Waals surface area (Å²) >= 11 is 0. The third-order valence-corrected chi connectivity index (χ3v) is 16.1. The Bertz CT molecular complexity index is 4030. The van der Waals surface area contributed by atoms with Gasteiger partial charge in [0.25, 0.3) is 0 Å². The molecule has 13 rings (SSSR count). The molecule has 0 radical (unpaired) electrons. The van der Waals surface area contributed by atoms with Gasteiger partial charge in [-0.2, -0.15) is 0 Å². The fourth-order valence-electron chi connectivity index (χ4n) is 12.2. The maximum atomic E-state index is 7.69. The van der Waals surface area contributed by atoms with E-state index in [4.69, 9.17) is 4.42 Å². The standard InChI is InChI=1S/C68H64BN3O/c1-65(2,3)43-28-31-48(32-29-43)71-56-40-46(68(10,11)12)37-51-52-38-45(67(7,8)9)39-53-58-55(35-33-49-50-36-44(66(4,5)6)30-34-54(50)70(62(49)58)47-26-20-15-21-27-47)72(61(52)53)69(59(51)56)60-57(41-22-16-13-17-23-41)63(73-64(60)71)42-24-18-14-19-25-42/h13-40H,1-12H3. The van der Waals surface area contributed by atoms with E-state index in [1.807, 2.05) is 0 Å². The molecule has 0 atom stereocenters. The van der Waals surface area contributed by atoms with Crippen LogP contribution in [0.25, 0.3) is 82.9 Å². The number of hydrogen-bond acceptors (Lipinski definition) is 2. The number of fused-ring (bicyclic) bond motifs is 11. The first-order valence-corrected chi connectivity index (χ1v) is 26.3. The minimum atomic E-state index is -0.247. The van der Waals surface area contributed by atoms with Gasteiger partial charge < -0.3 is 13.5 Å². The maximum absolute atomic E-state index is 7.69. The SMILES string of the molecule is CC(C)(C)c1ccc(N2c3cc(C(C)(C)C)cc4c3B(c3c2oc(-c2ccccc2)c3-c2ccccc2)n2c3ccc5c6cc(C(C)(C)C)ccc6n(-c6ccccc6)c5c3c3cc(C(C)(C)C)cc-4c32)cc1. The average Bonchev–Trinajstić information content (AvgIpc) is 4.04. The molecule has 0 bridgehead atoms. The second-order valence-corrected chi connectivity index (χ2v) is 25.0. The number of rotatable bonds is 4. The highest BCUT2D eigenvalue weighted by Crippen LogP contribution is 2.53. The lowest BCUT2D eigenvalue weighted by Gasteiger charge is -2.40. The summed E-state index contributed by atoms with van der Waals surface area (Å²) in [4.78, 5) is 2.46. The zero-order valence-corrected chi connectivity index (χ0v) is 44.5. The van der Waals surface area contributed by atoms with Crippen molar-refractivity contribution in [3.63, 3.8) is 0 Å². The average molecular weight is 950 g/mol. The molecule has 0 aliphatic carbocycles. The van der Waals surface area contributed by atoms with Crippen molar-refractivity contribution >= 4 is 78.6 Å². The number of aromatic nitrogens is 2. The van der Waals surface area contributed by atoms with Crippen LogP contribution in [0.1, 0.15) is 105 Å². The Balaban J connectivity index is 1.26. The summed E-state index contributed by atoms with van der Waals surface area (Å²) in [6.07, 6.45) is 0. The third kappa shape index (κ3) is 6.80. The zero-order chi connectivity index (χ0) is 50.7. The molecule has 360 valence electrons. The summed E-state index contributed by atoms with van der Waals surface area (Å²) in [5.74, 6) is 1.73. The quantitative estimate of drug-likeness (QED) is 0.164. The van der Waals surface area contributed by atoms with Gasteiger partial charge in [0.15, 0.2) is 0 Å². The molecule has 11 aromatic rings. The number of anilines is 3. The molecule has 0 saturated heterocycles. The fraction of sp³-hybridized carbons (Fsp3) is 0.235. The first kappa shape index (κ1) is 45.4. The molecule has 0 saturated carbocycles. The van der Waals surface area contributed by atoms with Crippen LogP contribution >= 0.6 is 0 Å². The highest BCUT2D eigenvalue weighted by molar-refractivity contribution is 6.91. The lowest BCUT2D eigenvalue weighted by atomic mass is 9.44. The van der Waals surface area contributed by atoms with E-state index in [-0.39, 0.29) is 28.5 Å². The van der Waals surface area contributed by atoms with Crippen LogP contribution in [0, 0.1) is 0 Å². The van der Waals surface area contributed by atoms with E-state index >= 15 is 0 Å². The molecule has 3 aromatic heterocycles. The predicted octanol–water partition coefficient (Wildman–Crippen LogP) is 17.4. The maximum Gasteiger partial charge on any atom is 0.337 e. The highest BCUT2D eigenvalue weighted by atomic mass is 16.4. The van der Waals surface area contributed by atoms with E-state index in [1.165, 1.54) is 87.9 Å². The second-order valence-electron chi connectivity index (χ2n) is 25.0. The Morgan fingerprint density at radius 2 is 0.959 bits per heavy atom. The smallest absolute Gasteiger partial charge is 0.337 e. The molecule has 0 N–H and O–H groups in total. The lowest BCUT2D eigenvalue weighted by Crippen LogP contribution is -2.56. The van der Waals surface area contributed by atoms with E-state index in [1.54, 1.807) is 0 Å². The number of hydrogen-bond donors (Lipinski definition) is 0. The third-order valence-electron chi connectivity index (χ3n) is 16.1. The van der Waals surface area contributed by atoms with Crippen LogP contribution in [-0.2, 0) is 21.7 Å². The van der Waals surface area contributed by atoms with Crippen LogP contribution in [0.15, 0.2) is 174 Å². The minimum absolute atomic E-state index is 0.00448. The van der Waals surface area contributed by atoms with E-state index in [0.717, 1.165) is 45.4 Å². The normalized spacial score (nSPS) is 13.7. The Kier molecular flexibility index (Phi) is 9.64. The molecule has 2 aliphatic heterocycles. The number of para-hydroxylation sites is 1. The van der Waals surface area contributed by atoms with Gasteiger partial charge in [-0.25, -0.2) is 0 Å². The van der Waals surface area contributed by atoms with E-state index in [2.05, 4.69) is 267 Å². The molecule has 2 aliphatic rings. The van der Waals surface area contributed by atoms with Crippen molar-refractivity contribution in [1.82, 2.24) is 9.05 Å². The van der Waals surface area contributed by atoms with Crippen LogP contribution in [0.5, 0.6) is 0 Å². The topological polar surface area (TPSA) is 26.2 Å². The van der Waals surface area contributed by atoms with Gasteiger partial charge in [0.1, 0.15) is 5.76 Å². The van der Waals surface area contributed by atoms with Gasteiger partial charge >= 0.3 is 6.85 Å². The van der Waals surface area contributed by atoms with Gasteiger partial charge in [0.2, 0.25) is 5.88 Å². The highest BCUT2D eigenvalue weighted by Gasteiger charge is 2.48. The largest absolute Gasteiger partial charge is 0.440 e. The van der Waals surface area contributed by atoms with Gasteiger partial charge in [-0.3, -0.25) is 4.90 Å². The van der Waals surface area contributed by atoms with Crippen molar-refractivity contribution < 1.29 is 4.42 Å². The minimum Gasteiger partial charge on any atom is -0.440 e. The first-order chi connectivity index (χ1) is 34.8. The zero-order valence-electron chi connectivity index (χ0n) is 44.5. The van der Waals surface area contributed by atoms with Crippen LogP contribution in [-0.4, -0.2) is 15.9 Å². The molecule has 4 nitrogen and oxygen atoms in total. The molecular formula is C68H64BN3O. The summed E-state index contributed by atoms with van der Waals surface area (Å²) in [5, 5.41) is 5.10. The van der Waals surface area contributed by atoms with Gasteiger partial charge in [-0.15, -0.1) is 0 Å². The Morgan fingerprint density at radius 3 is 1.59 bits per heavy atom. The predicted molar refractivity (Wildman–Crippen MR) is 312 cm³/mol. The van der Waals surface area contributed by atoms with Crippen molar-refractivity contribution in [2.75, 3.05) is 4.90 Å². The van der Waals surface area contributed by atoms with Crippen molar-refractivity contribution in [3.05, 3.63) is 192 Å². The van der Waals surface area contributed by atoms with Crippen molar-refractivity contribution in [2.45, 2.75) is 105 Å². The second kappa shape index (κ2) is 15.5. The molecule has 5 heterocycles. The summed E-state index contributed by atoms with van der Waals surface area (Å²) in [7, 11) is 0. The number of nitrogens with zero attached hydrogens (tertiary/aromatic N) is 3. The van der Waals surface area contributed by atoms with Crippen LogP contribution < -0.4 is 15.8 Å². The molecule has 0 unspecified atom stereocenters. The molecule has 0 spiro atoms. The summed E-state index contributed by atoms with van der Waals surface area (Å²) in [5.41, 5.74) is 21.6. The monoisotopic (exact) mass is 950 g/mol. The van der Waals surface area contributed by atoms with Crippen LogP contribution in [0.2, 0.25) is 0 Å². The van der Waals surface area contributed by atoms with Gasteiger partial charge in [-0.05, 0) is 121 Å². The molecule has 0 amide bonds. The number of benzene rings is 8. The molecule has 0 fully saturated rings. The van der Waals surface area contributed by atoms with Gasteiger partial charge in [0.05, 0.1) is 11.0 Å². The van der Waals surface area contributed by atoms with E-state index in [9.17, 15) is 0 Å². The van der Waals surface area contributed by atoms with Gasteiger partial charge in [-0.1, -0.05) is 192 Å². The van der Waals surface area contributed by atoms with E-state index in [0.29, 0.717) is 0 Å². The van der Waals surface area contributed by atoms with Crippen LogP contribution in [0.4, 0.5) is 17.3 Å². The lowest BCUT2D eigenvalue weighted by molar-refractivity contribution is 0.584. The van der Waals surface area contributed by atoms with Crippen molar-refractivity contribution in [1.29, 1.82) is 0 Å². The van der Waals surface area contributed by atoms with Crippen molar-refractivity contribution in [2.24, 2.45) is 0 Å². The first-order valence-electron chi connectivity index (χ1n) is 26.3. The molecule has 5 heteroatoms. The Labute approximate surface area is 431 Å². The molecular weight excluding hydrogens is 886 g/mol. The summed E-state index contributed by atoms with van der Waals surface area (Å²) < 4.78 is 13.0. The summed E-state index contributed by atoms with van der Waals surface area (Å²) in [6.45, 7) is 27.8. The van der Waals surface area contributed by atoms with Crippen LogP contribution in [0.3, 0.4) is 0 Å². The molecule has 8 aromatic carbocycles. The van der Waals surface area contributed by atoms with Crippen molar-refractivity contribution in [3.8, 4) is 39.3 Å².